The number of amides is 1. The molecule has 0 radical (unpaired) electrons. The van der Waals surface area contributed by atoms with Crippen molar-refractivity contribution in [2.24, 2.45) is 0 Å². The van der Waals surface area contributed by atoms with Crippen LogP contribution in [0.5, 0.6) is 0 Å². The Balaban J connectivity index is 1.89. The molecule has 0 spiro atoms. The van der Waals surface area contributed by atoms with Crippen LogP contribution in [-0.2, 0) is 11.2 Å². The van der Waals surface area contributed by atoms with Crippen LogP contribution in [0.1, 0.15) is 28.2 Å². The van der Waals surface area contributed by atoms with E-state index >= 15 is 0 Å². The molecule has 0 bridgehead atoms. The molecule has 0 saturated carbocycles. The van der Waals surface area contributed by atoms with Gasteiger partial charge in [-0.15, -0.1) is 0 Å². The smallest absolute Gasteiger partial charge is 0.326 e. The molecule has 1 heterocycles. The normalized spacial score (nSPS) is 12.1. The number of aromatic amines is 1. The van der Waals surface area contributed by atoms with Gasteiger partial charge in [-0.05, 0) is 59.4 Å². The van der Waals surface area contributed by atoms with Gasteiger partial charge < -0.3 is 15.4 Å². The van der Waals surface area contributed by atoms with Crippen molar-refractivity contribution < 1.29 is 19.1 Å². The number of rotatable bonds is 10. The van der Waals surface area contributed by atoms with Gasteiger partial charge in [0, 0.05) is 24.4 Å². The van der Waals surface area contributed by atoms with E-state index in [2.05, 4.69) is 15.3 Å². The third kappa shape index (κ3) is 6.31. The van der Waals surface area contributed by atoms with E-state index in [0.29, 0.717) is 35.3 Å². The Labute approximate surface area is 190 Å². The van der Waals surface area contributed by atoms with Crippen LogP contribution in [0.2, 0.25) is 0 Å². The van der Waals surface area contributed by atoms with E-state index in [1.54, 1.807) is 36.7 Å². The molecule has 0 aliphatic heterocycles. The number of carboxylic acid groups (broad SMARTS) is 1. The van der Waals surface area contributed by atoms with Crippen molar-refractivity contribution in [3.8, 4) is 11.1 Å². The SMILES string of the molecule is CSCC[C@H](NC(=O)c1ccc(/C=C/Cc2ncc[nH]2)cc1-c1ccc(F)cc1)C(=O)O. The van der Waals surface area contributed by atoms with Crippen molar-refractivity contribution in [2.45, 2.75) is 18.9 Å². The molecular weight excluding hydrogens is 429 g/mol. The Morgan fingerprint density at radius 3 is 2.69 bits per heavy atom. The summed E-state index contributed by atoms with van der Waals surface area (Å²) in [6.45, 7) is 0. The van der Waals surface area contributed by atoms with Gasteiger partial charge in [0.05, 0.1) is 0 Å². The molecule has 8 heteroatoms. The monoisotopic (exact) mass is 453 g/mol. The number of halogens is 1. The summed E-state index contributed by atoms with van der Waals surface area (Å²) in [5.74, 6) is -0.489. The number of nitrogens with one attached hydrogen (secondary N) is 2. The summed E-state index contributed by atoms with van der Waals surface area (Å²) in [6.07, 6.45) is 10.1. The Morgan fingerprint density at radius 1 is 1.25 bits per heavy atom. The first-order valence-corrected chi connectivity index (χ1v) is 11.4. The molecule has 166 valence electrons. The minimum Gasteiger partial charge on any atom is -0.480 e. The number of thioether (sulfide) groups is 1. The number of allylic oxidation sites excluding steroid dienone is 1. The number of carbonyl (C=O) groups excluding carboxylic acids is 1. The molecule has 0 saturated heterocycles. The van der Waals surface area contributed by atoms with E-state index < -0.39 is 17.9 Å². The summed E-state index contributed by atoms with van der Waals surface area (Å²) in [4.78, 5) is 31.7. The van der Waals surface area contributed by atoms with Crippen molar-refractivity contribution >= 4 is 29.7 Å². The second-order valence-corrected chi connectivity index (χ2v) is 8.09. The Hall–Kier alpha value is -3.39. The van der Waals surface area contributed by atoms with Gasteiger partial charge >= 0.3 is 5.97 Å². The fraction of sp³-hybridized carbons (Fsp3) is 0.208. The summed E-state index contributed by atoms with van der Waals surface area (Å²) in [5.41, 5.74) is 2.44. The van der Waals surface area contributed by atoms with Gasteiger partial charge in [-0.1, -0.05) is 30.4 Å². The predicted octanol–water partition coefficient (Wildman–Crippen LogP) is 4.41. The van der Waals surface area contributed by atoms with Crippen LogP contribution in [0.15, 0.2) is 60.9 Å². The molecule has 3 aromatic rings. The minimum absolute atomic E-state index is 0.321. The molecule has 0 unspecified atom stereocenters. The van der Waals surface area contributed by atoms with Crippen molar-refractivity contribution in [3.63, 3.8) is 0 Å². The average molecular weight is 454 g/mol. The average Bonchev–Trinajstić information content (AvgIpc) is 3.30. The predicted molar refractivity (Wildman–Crippen MR) is 125 cm³/mol. The van der Waals surface area contributed by atoms with Crippen LogP contribution >= 0.6 is 11.8 Å². The standard InChI is InChI=1S/C24H24FN3O3S/c1-32-14-11-21(24(30)31)28-23(29)19-10-5-16(3-2-4-22-26-12-13-27-22)15-20(19)17-6-8-18(25)9-7-17/h2-3,5-10,12-13,15,21H,4,11,14H2,1H3,(H,26,27)(H,28,29)(H,30,31)/b3-2+/t21-/m0/s1. The maximum atomic E-state index is 13.5. The van der Waals surface area contributed by atoms with Crippen LogP contribution in [0.4, 0.5) is 4.39 Å². The molecule has 0 aliphatic carbocycles. The van der Waals surface area contributed by atoms with Crippen molar-refractivity contribution in [1.82, 2.24) is 15.3 Å². The van der Waals surface area contributed by atoms with Crippen LogP contribution in [-0.4, -0.2) is 45.0 Å². The van der Waals surface area contributed by atoms with Gasteiger partial charge in [0.15, 0.2) is 0 Å². The number of aromatic nitrogens is 2. The van der Waals surface area contributed by atoms with E-state index in [-0.39, 0.29) is 5.82 Å². The summed E-state index contributed by atoms with van der Waals surface area (Å²) >= 11 is 1.52. The fourth-order valence-corrected chi connectivity index (χ4v) is 3.65. The molecule has 1 atom stereocenters. The first-order valence-electron chi connectivity index (χ1n) is 10.1. The highest BCUT2D eigenvalue weighted by Gasteiger charge is 2.22. The lowest BCUT2D eigenvalue weighted by molar-refractivity contribution is -0.139. The summed E-state index contributed by atoms with van der Waals surface area (Å²) in [5, 5.41) is 12.1. The van der Waals surface area contributed by atoms with Crippen molar-refractivity contribution in [2.75, 3.05) is 12.0 Å². The fourth-order valence-electron chi connectivity index (χ4n) is 3.18. The first-order chi connectivity index (χ1) is 15.5. The number of carbonyl (C=O) groups is 2. The number of hydrogen-bond donors (Lipinski definition) is 3. The van der Waals surface area contributed by atoms with E-state index in [0.717, 1.165) is 11.4 Å². The number of carboxylic acids is 1. The van der Waals surface area contributed by atoms with Gasteiger partial charge in [0.2, 0.25) is 0 Å². The van der Waals surface area contributed by atoms with Crippen molar-refractivity contribution in [3.05, 3.63) is 83.7 Å². The highest BCUT2D eigenvalue weighted by molar-refractivity contribution is 7.98. The van der Waals surface area contributed by atoms with Crippen molar-refractivity contribution in [1.29, 1.82) is 0 Å². The molecule has 1 aromatic heterocycles. The number of hydrogen-bond acceptors (Lipinski definition) is 4. The zero-order chi connectivity index (χ0) is 22.9. The summed E-state index contributed by atoms with van der Waals surface area (Å²) in [7, 11) is 0. The number of aliphatic carboxylic acids is 1. The van der Waals surface area contributed by atoms with Gasteiger partial charge in [-0.2, -0.15) is 11.8 Å². The van der Waals surface area contributed by atoms with Crippen LogP contribution in [0.3, 0.4) is 0 Å². The number of nitrogens with zero attached hydrogens (tertiary/aromatic N) is 1. The lowest BCUT2D eigenvalue weighted by Gasteiger charge is -2.16. The molecule has 0 aliphatic rings. The van der Waals surface area contributed by atoms with Crippen LogP contribution in [0.25, 0.3) is 17.2 Å². The first kappa shape index (κ1) is 23.3. The Bertz CT molecular complexity index is 1080. The van der Waals surface area contributed by atoms with E-state index in [4.69, 9.17) is 0 Å². The maximum Gasteiger partial charge on any atom is 0.326 e. The Kier molecular flexibility index (Phi) is 8.21. The molecule has 3 rings (SSSR count). The van der Waals surface area contributed by atoms with E-state index in [9.17, 15) is 19.1 Å². The zero-order valence-electron chi connectivity index (χ0n) is 17.5. The van der Waals surface area contributed by atoms with Gasteiger partial charge in [-0.3, -0.25) is 4.79 Å². The largest absolute Gasteiger partial charge is 0.480 e. The topological polar surface area (TPSA) is 95.1 Å². The van der Waals surface area contributed by atoms with Gasteiger partial charge in [0.1, 0.15) is 17.7 Å². The van der Waals surface area contributed by atoms with Gasteiger partial charge in [-0.25, -0.2) is 14.2 Å². The summed E-state index contributed by atoms with van der Waals surface area (Å²) < 4.78 is 13.5. The van der Waals surface area contributed by atoms with E-state index in [1.807, 2.05) is 24.5 Å². The molecular formula is C24H24FN3O3S. The number of imidazole rings is 1. The quantitative estimate of drug-likeness (QED) is 0.423. The second-order valence-electron chi connectivity index (χ2n) is 7.10. The van der Waals surface area contributed by atoms with Gasteiger partial charge in [0.25, 0.3) is 5.91 Å². The molecule has 32 heavy (non-hydrogen) atoms. The Morgan fingerprint density at radius 2 is 2.03 bits per heavy atom. The van der Waals surface area contributed by atoms with Crippen LogP contribution in [0, 0.1) is 5.82 Å². The lowest BCUT2D eigenvalue weighted by atomic mass is 9.96. The summed E-state index contributed by atoms with van der Waals surface area (Å²) in [6, 6.07) is 10.2. The lowest BCUT2D eigenvalue weighted by Crippen LogP contribution is -2.41. The zero-order valence-corrected chi connectivity index (χ0v) is 18.4. The number of benzene rings is 2. The molecule has 0 fully saturated rings. The molecule has 1 amide bonds. The highest BCUT2D eigenvalue weighted by atomic mass is 32.2. The second kappa shape index (κ2) is 11.3. The van der Waals surface area contributed by atoms with Crippen LogP contribution < -0.4 is 5.32 Å². The highest BCUT2D eigenvalue weighted by Crippen LogP contribution is 2.26. The molecule has 6 nitrogen and oxygen atoms in total. The third-order valence-corrected chi connectivity index (χ3v) is 5.48. The van der Waals surface area contributed by atoms with E-state index in [1.165, 1.54) is 23.9 Å². The minimum atomic E-state index is -1.08. The molecule has 2 aromatic carbocycles. The maximum absolute atomic E-state index is 13.5. The number of H-pyrrole nitrogens is 1. The molecule has 3 N–H and O–H groups in total. The third-order valence-electron chi connectivity index (χ3n) is 4.83.